The van der Waals surface area contributed by atoms with Gasteiger partial charge in [0.15, 0.2) is 5.82 Å². The van der Waals surface area contributed by atoms with E-state index in [0.717, 1.165) is 23.6 Å². The number of rotatable bonds is 4. The van der Waals surface area contributed by atoms with Crippen LogP contribution in [0.1, 0.15) is 63.1 Å². The van der Waals surface area contributed by atoms with E-state index in [1.807, 2.05) is 0 Å². The molecule has 100 valence electrons. The van der Waals surface area contributed by atoms with E-state index < -0.39 is 0 Å². The number of nitrogens with zero attached hydrogens (tertiary/aromatic N) is 2. The Morgan fingerprint density at radius 2 is 2.17 bits per heavy atom. The normalized spacial score (nSPS) is 32.3. The van der Waals surface area contributed by atoms with Crippen LogP contribution in [0.2, 0.25) is 0 Å². The molecule has 1 aromatic heterocycles. The third kappa shape index (κ3) is 1.96. The second-order valence-electron chi connectivity index (χ2n) is 6.36. The molecule has 4 heteroatoms. The van der Waals surface area contributed by atoms with Gasteiger partial charge < -0.3 is 10.3 Å². The second kappa shape index (κ2) is 4.65. The molecule has 4 nitrogen and oxygen atoms in total. The van der Waals surface area contributed by atoms with Gasteiger partial charge in [0.2, 0.25) is 5.89 Å². The van der Waals surface area contributed by atoms with Gasteiger partial charge in [-0.1, -0.05) is 25.4 Å². The summed E-state index contributed by atoms with van der Waals surface area (Å²) in [7, 11) is 0. The summed E-state index contributed by atoms with van der Waals surface area (Å²) in [6, 6.07) is 0. The van der Waals surface area contributed by atoms with Crippen molar-refractivity contribution in [1.29, 1.82) is 0 Å². The molecule has 2 aliphatic carbocycles. The molecule has 2 fully saturated rings. The lowest BCUT2D eigenvalue weighted by Gasteiger charge is -2.17. The molecule has 3 rings (SSSR count). The predicted octanol–water partition coefficient (Wildman–Crippen LogP) is 2.67. The molecule has 4 atom stereocenters. The number of fused-ring (bicyclic) bond motifs is 2. The summed E-state index contributed by atoms with van der Waals surface area (Å²) in [5.41, 5.74) is 5.80. The van der Waals surface area contributed by atoms with Crippen molar-refractivity contribution in [3.05, 3.63) is 11.7 Å². The van der Waals surface area contributed by atoms with Crippen molar-refractivity contribution in [3.63, 3.8) is 0 Å². The van der Waals surface area contributed by atoms with E-state index in [0.29, 0.717) is 18.4 Å². The Hall–Kier alpha value is -0.900. The van der Waals surface area contributed by atoms with Crippen LogP contribution in [0, 0.1) is 17.8 Å². The molecular formula is C14H23N3O. The van der Waals surface area contributed by atoms with Crippen molar-refractivity contribution in [2.45, 2.75) is 51.4 Å². The van der Waals surface area contributed by atoms with E-state index >= 15 is 0 Å². The monoisotopic (exact) mass is 249 g/mol. The Balaban J connectivity index is 1.77. The van der Waals surface area contributed by atoms with Crippen molar-refractivity contribution in [1.82, 2.24) is 10.1 Å². The largest absolute Gasteiger partial charge is 0.339 e. The van der Waals surface area contributed by atoms with Crippen molar-refractivity contribution in [3.8, 4) is 0 Å². The summed E-state index contributed by atoms with van der Waals surface area (Å²) in [5, 5.41) is 4.23. The highest BCUT2D eigenvalue weighted by Gasteiger charge is 2.42. The smallest absolute Gasteiger partial charge is 0.231 e. The van der Waals surface area contributed by atoms with Crippen LogP contribution < -0.4 is 5.73 Å². The minimum Gasteiger partial charge on any atom is -0.339 e. The molecule has 0 amide bonds. The highest BCUT2D eigenvalue weighted by atomic mass is 16.5. The zero-order valence-electron chi connectivity index (χ0n) is 11.3. The SMILES string of the molecule is CC(C)C(CN)c1nc(C2CC3CCC2C3)no1. The molecule has 0 spiro atoms. The first-order valence-corrected chi connectivity index (χ1v) is 7.22. The first kappa shape index (κ1) is 12.2. The van der Waals surface area contributed by atoms with Crippen LogP contribution in [0.25, 0.3) is 0 Å². The number of hydrogen-bond donors (Lipinski definition) is 1. The summed E-state index contributed by atoms with van der Waals surface area (Å²) in [5.74, 6) is 4.59. The lowest BCUT2D eigenvalue weighted by molar-refractivity contribution is 0.315. The van der Waals surface area contributed by atoms with Crippen molar-refractivity contribution in [2.75, 3.05) is 6.54 Å². The maximum atomic E-state index is 5.80. The molecule has 1 heterocycles. The summed E-state index contributed by atoms with van der Waals surface area (Å²) in [6.07, 6.45) is 5.39. The molecule has 0 aliphatic heterocycles. The van der Waals surface area contributed by atoms with Crippen LogP contribution in [0.5, 0.6) is 0 Å². The summed E-state index contributed by atoms with van der Waals surface area (Å²) in [4.78, 5) is 4.65. The van der Waals surface area contributed by atoms with Gasteiger partial charge in [-0.05, 0) is 37.0 Å². The van der Waals surface area contributed by atoms with Gasteiger partial charge in [-0.3, -0.25) is 0 Å². The number of hydrogen-bond acceptors (Lipinski definition) is 4. The molecule has 0 aromatic carbocycles. The summed E-state index contributed by atoms with van der Waals surface area (Å²) in [6.45, 7) is 4.88. The molecule has 2 N–H and O–H groups in total. The number of aromatic nitrogens is 2. The van der Waals surface area contributed by atoms with Crippen molar-refractivity contribution >= 4 is 0 Å². The van der Waals surface area contributed by atoms with Gasteiger partial charge >= 0.3 is 0 Å². The molecule has 0 radical (unpaired) electrons. The van der Waals surface area contributed by atoms with Gasteiger partial charge in [-0.25, -0.2) is 0 Å². The summed E-state index contributed by atoms with van der Waals surface area (Å²) < 4.78 is 5.46. The quantitative estimate of drug-likeness (QED) is 0.891. The standard InChI is InChI=1S/C14H23N3O/c1-8(2)12(7-15)14-16-13(17-18-14)11-6-9-3-4-10(11)5-9/h8-12H,3-7,15H2,1-2H3. The average Bonchev–Trinajstić information content (AvgIpc) is 3.04. The highest BCUT2D eigenvalue weighted by Crippen LogP contribution is 2.52. The zero-order chi connectivity index (χ0) is 12.7. The van der Waals surface area contributed by atoms with Crippen LogP contribution in [0.15, 0.2) is 4.52 Å². The first-order chi connectivity index (χ1) is 8.69. The Bertz CT molecular complexity index is 415. The lowest BCUT2D eigenvalue weighted by atomic mass is 9.88. The Labute approximate surface area is 108 Å². The van der Waals surface area contributed by atoms with Gasteiger partial charge in [-0.2, -0.15) is 4.98 Å². The van der Waals surface area contributed by atoms with Gasteiger partial charge in [0, 0.05) is 12.5 Å². The fourth-order valence-electron chi connectivity index (χ4n) is 3.77. The molecular weight excluding hydrogens is 226 g/mol. The molecule has 2 bridgehead atoms. The van der Waals surface area contributed by atoms with E-state index in [4.69, 9.17) is 10.3 Å². The van der Waals surface area contributed by atoms with Crippen molar-refractivity contribution in [2.24, 2.45) is 23.5 Å². The third-order valence-electron chi connectivity index (χ3n) is 4.90. The molecule has 2 aliphatic rings. The lowest BCUT2D eigenvalue weighted by Crippen LogP contribution is -2.18. The van der Waals surface area contributed by atoms with E-state index in [2.05, 4.69) is 24.0 Å². The second-order valence-corrected chi connectivity index (χ2v) is 6.36. The van der Waals surface area contributed by atoms with Crippen molar-refractivity contribution < 1.29 is 4.52 Å². The maximum Gasteiger partial charge on any atom is 0.231 e. The first-order valence-electron chi connectivity index (χ1n) is 7.22. The van der Waals surface area contributed by atoms with E-state index in [1.165, 1.54) is 25.7 Å². The van der Waals surface area contributed by atoms with E-state index in [-0.39, 0.29) is 5.92 Å². The van der Waals surface area contributed by atoms with Gasteiger partial charge in [0.05, 0.1) is 5.92 Å². The fourth-order valence-corrected chi connectivity index (χ4v) is 3.77. The maximum absolute atomic E-state index is 5.80. The highest BCUT2D eigenvalue weighted by molar-refractivity contribution is 5.08. The van der Waals surface area contributed by atoms with Gasteiger partial charge in [-0.15, -0.1) is 0 Å². The minimum absolute atomic E-state index is 0.199. The molecule has 4 unspecified atom stereocenters. The topological polar surface area (TPSA) is 64.9 Å². The van der Waals surface area contributed by atoms with E-state index in [1.54, 1.807) is 0 Å². The van der Waals surface area contributed by atoms with Crippen LogP contribution in [0.4, 0.5) is 0 Å². The van der Waals surface area contributed by atoms with Gasteiger partial charge in [0.25, 0.3) is 0 Å². The van der Waals surface area contributed by atoms with Crippen LogP contribution >= 0.6 is 0 Å². The van der Waals surface area contributed by atoms with E-state index in [9.17, 15) is 0 Å². The molecule has 2 saturated carbocycles. The zero-order valence-corrected chi connectivity index (χ0v) is 11.3. The summed E-state index contributed by atoms with van der Waals surface area (Å²) >= 11 is 0. The predicted molar refractivity (Wildman–Crippen MR) is 69.1 cm³/mol. The van der Waals surface area contributed by atoms with Crippen LogP contribution in [-0.4, -0.2) is 16.7 Å². The Morgan fingerprint density at radius 3 is 2.72 bits per heavy atom. The minimum atomic E-state index is 0.199. The van der Waals surface area contributed by atoms with Crippen LogP contribution in [-0.2, 0) is 0 Å². The van der Waals surface area contributed by atoms with Gasteiger partial charge in [0.1, 0.15) is 0 Å². The third-order valence-corrected chi connectivity index (χ3v) is 4.90. The molecule has 0 saturated heterocycles. The Kier molecular flexibility index (Phi) is 3.14. The number of nitrogens with two attached hydrogens (primary N) is 1. The molecule has 1 aromatic rings. The average molecular weight is 249 g/mol. The Morgan fingerprint density at radius 1 is 1.33 bits per heavy atom. The molecule has 18 heavy (non-hydrogen) atoms. The van der Waals surface area contributed by atoms with Crippen LogP contribution in [0.3, 0.4) is 0 Å². The fraction of sp³-hybridized carbons (Fsp3) is 0.857.